The third-order valence-electron chi connectivity index (χ3n) is 1.20. The Balaban J connectivity index is -0.000000136. The van der Waals surface area contributed by atoms with E-state index in [9.17, 15) is 0 Å². The molecule has 0 radical (unpaired) electrons. The predicted octanol–water partition coefficient (Wildman–Crippen LogP) is -3.22. The first-order valence-corrected chi connectivity index (χ1v) is 4.69. The number of halogens is 2. The molecule has 0 aromatic heterocycles. The van der Waals surface area contributed by atoms with E-state index in [1.807, 2.05) is 13.8 Å². The van der Waals surface area contributed by atoms with Crippen LogP contribution in [0, 0.1) is 0 Å². The van der Waals surface area contributed by atoms with E-state index in [-0.39, 0.29) is 24.8 Å². The Hall–Kier alpha value is 0.604. The standard InChI is InChI=1S/C5H5.C4H10N.2ClH.V/c1-2-4-5-3-1;1-3-5-4-2;;;/h1-3H,4H2;3-4H2,1-2H3;2*1H;/q;-1;;;+3/p-2. The molecule has 0 spiro atoms. The molecule has 75 valence electrons. The first-order valence-electron chi connectivity index (χ1n) is 3.99. The van der Waals surface area contributed by atoms with E-state index in [0.29, 0.717) is 0 Å². The molecule has 0 saturated carbocycles. The van der Waals surface area contributed by atoms with Gasteiger partial charge in [-0.3, -0.25) is 0 Å². The van der Waals surface area contributed by atoms with Gasteiger partial charge >= 0.3 is 46.4 Å². The van der Waals surface area contributed by atoms with E-state index in [4.69, 9.17) is 0 Å². The fourth-order valence-electron chi connectivity index (χ4n) is 0.660. The van der Waals surface area contributed by atoms with Crippen molar-refractivity contribution in [1.29, 1.82) is 0 Å². The SMILES string of the molecule is CC[N-]CC.[Cl-].[Cl-].[V+3][C]1=CC=CC1. The molecular weight excluding hydrogens is 244 g/mol. The van der Waals surface area contributed by atoms with Gasteiger partial charge in [0.1, 0.15) is 0 Å². The van der Waals surface area contributed by atoms with Gasteiger partial charge in [-0.15, -0.1) is 0 Å². The second-order valence-corrected chi connectivity index (χ2v) is 3.04. The van der Waals surface area contributed by atoms with Crippen molar-refractivity contribution in [2.45, 2.75) is 20.3 Å². The van der Waals surface area contributed by atoms with Crippen molar-refractivity contribution >= 4 is 0 Å². The van der Waals surface area contributed by atoms with Crippen molar-refractivity contribution in [3.8, 4) is 0 Å². The van der Waals surface area contributed by atoms with Crippen molar-refractivity contribution in [1.82, 2.24) is 0 Å². The molecule has 0 aromatic carbocycles. The van der Waals surface area contributed by atoms with Crippen molar-refractivity contribution in [2.24, 2.45) is 0 Å². The maximum absolute atomic E-state index is 3.97. The maximum atomic E-state index is 3.97. The van der Waals surface area contributed by atoms with Gasteiger partial charge in [-0.2, -0.15) is 13.1 Å². The van der Waals surface area contributed by atoms with Crippen molar-refractivity contribution in [3.05, 3.63) is 27.8 Å². The Labute approximate surface area is 103 Å². The van der Waals surface area contributed by atoms with Gasteiger partial charge < -0.3 is 30.1 Å². The van der Waals surface area contributed by atoms with E-state index in [2.05, 4.69) is 41.0 Å². The zero-order chi connectivity index (χ0) is 8.53. The minimum atomic E-state index is 0. The zero-order valence-corrected chi connectivity index (χ0v) is 10.9. The summed E-state index contributed by atoms with van der Waals surface area (Å²) in [5.74, 6) is 0. The fourth-order valence-corrected chi connectivity index (χ4v) is 0.959. The summed E-state index contributed by atoms with van der Waals surface area (Å²) < 4.78 is 1.41. The Morgan fingerprint density at radius 1 is 1.31 bits per heavy atom. The van der Waals surface area contributed by atoms with Crippen molar-refractivity contribution < 1.29 is 42.2 Å². The topological polar surface area (TPSA) is 14.1 Å². The number of rotatable bonds is 2. The average molecular weight is 259 g/mol. The Kier molecular flexibility index (Phi) is 22.3. The average Bonchev–Trinajstić information content (AvgIpc) is 2.43. The Morgan fingerprint density at radius 2 is 1.85 bits per heavy atom. The first kappa shape index (κ1) is 19.2. The zero-order valence-electron chi connectivity index (χ0n) is 8.00. The van der Waals surface area contributed by atoms with Crippen LogP contribution in [0.5, 0.6) is 0 Å². The van der Waals surface area contributed by atoms with E-state index >= 15 is 0 Å². The van der Waals surface area contributed by atoms with Crippen molar-refractivity contribution in [3.63, 3.8) is 0 Å². The summed E-state index contributed by atoms with van der Waals surface area (Å²) in [7, 11) is 0. The van der Waals surface area contributed by atoms with Crippen LogP contribution in [0.15, 0.2) is 22.5 Å². The summed E-state index contributed by atoms with van der Waals surface area (Å²) in [5, 5.41) is 3.97. The second-order valence-electron chi connectivity index (χ2n) is 2.15. The molecule has 4 heteroatoms. The number of allylic oxidation sites excluding steroid dienone is 4. The molecule has 1 rings (SSSR count). The molecule has 0 heterocycles. The van der Waals surface area contributed by atoms with Gasteiger partial charge in [-0.05, 0) is 0 Å². The van der Waals surface area contributed by atoms with E-state index < -0.39 is 0 Å². The summed E-state index contributed by atoms with van der Waals surface area (Å²) in [6.07, 6.45) is 7.47. The molecule has 0 unspecified atom stereocenters. The second kappa shape index (κ2) is 15.1. The van der Waals surface area contributed by atoms with Crippen molar-refractivity contribution in [2.75, 3.05) is 13.1 Å². The molecule has 0 N–H and O–H groups in total. The van der Waals surface area contributed by atoms with Crippen LogP contribution in [0.4, 0.5) is 0 Å². The molecule has 0 bridgehead atoms. The van der Waals surface area contributed by atoms with Gasteiger partial charge in [0.15, 0.2) is 0 Å². The number of hydrogen-bond acceptors (Lipinski definition) is 0. The summed E-state index contributed by atoms with van der Waals surface area (Å²) in [6, 6.07) is 0. The van der Waals surface area contributed by atoms with Gasteiger partial charge in [0.2, 0.25) is 0 Å². The summed E-state index contributed by atoms with van der Waals surface area (Å²) >= 11 is 2.54. The molecule has 13 heavy (non-hydrogen) atoms. The fraction of sp³-hybridized carbons (Fsp3) is 0.556. The minimum absolute atomic E-state index is 0. The van der Waals surface area contributed by atoms with Gasteiger partial charge in [0.25, 0.3) is 0 Å². The van der Waals surface area contributed by atoms with Crippen LogP contribution in [-0.4, -0.2) is 13.1 Å². The molecule has 1 aliphatic rings. The first-order chi connectivity index (χ1) is 5.31. The van der Waals surface area contributed by atoms with Crippen LogP contribution < -0.4 is 24.8 Å². The molecule has 0 amide bonds. The number of hydrogen-bond donors (Lipinski definition) is 0. The molecule has 0 aromatic rings. The summed E-state index contributed by atoms with van der Waals surface area (Å²) in [5.41, 5.74) is 0. The van der Waals surface area contributed by atoms with Crippen LogP contribution in [0.3, 0.4) is 0 Å². The third kappa shape index (κ3) is 15.4. The van der Waals surface area contributed by atoms with Crippen LogP contribution in [0.2, 0.25) is 0 Å². The van der Waals surface area contributed by atoms with Crippen LogP contribution >= 0.6 is 0 Å². The van der Waals surface area contributed by atoms with Gasteiger partial charge in [0, 0.05) is 0 Å². The van der Waals surface area contributed by atoms with Gasteiger partial charge in [-0.1, -0.05) is 13.8 Å². The molecule has 1 aliphatic carbocycles. The molecule has 0 saturated heterocycles. The number of nitrogens with zero attached hydrogens (tertiary/aromatic N) is 1. The van der Waals surface area contributed by atoms with E-state index in [1.165, 1.54) is 4.28 Å². The molecule has 0 aliphatic heterocycles. The monoisotopic (exact) mass is 258 g/mol. The normalized spacial score (nSPS) is 11.8. The van der Waals surface area contributed by atoms with Gasteiger partial charge in [-0.25, -0.2) is 0 Å². The van der Waals surface area contributed by atoms with Crippen LogP contribution in [0.1, 0.15) is 20.3 Å². The van der Waals surface area contributed by atoms with Crippen LogP contribution in [0.25, 0.3) is 5.32 Å². The Bertz CT molecular complexity index is 145. The summed E-state index contributed by atoms with van der Waals surface area (Å²) in [6.45, 7) is 6.03. The third-order valence-corrected chi connectivity index (χ3v) is 1.72. The Morgan fingerprint density at radius 3 is 1.92 bits per heavy atom. The molecular formula is C9H15Cl2NV. The quantitative estimate of drug-likeness (QED) is 0.495. The molecule has 0 atom stereocenters. The van der Waals surface area contributed by atoms with E-state index in [0.717, 1.165) is 19.5 Å². The predicted molar refractivity (Wildman–Crippen MR) is 46.3 cm³/mol. The van der Waals surface area contributed by atoms with Crippen LogP contribution in [-0.2, 0) is 17.4 Å². The molecule has 0 fully saturated rings. The summed E-state index contributed by atoms with van der Waals surface area (Å²) in [4.78, 5) is 0. The van der Waals surface area contributed by atoms with E-state index in [1.54, 1.807) is 0 Å². The van der Waals surface area contributed by atoms with Gasteiger partial charge in [0.05, 0.1) is 0 Å². The molecule has 1 nitrogen and oxygen atoms in total.